The second-order valence-corrected chi connectivity index (χ2v) is 12.2. The Hall–Kier alpha value is -4.12. The first-order chi connectivity index (χ1) is 23.1. The number of nitrogens with zero attached hydrogens (tertiary/aromatic N) is 2. The van der Waals surface area contributed by atoms with Gasteiger partial charge in [0.1, 0.15) is 42.1 Å². The van der Waals surface area contributed by atoms with Crippen molar-refractivity contribution in [3.63, 3.8) is 0 Å². The quantitative estimate of drug-likeness (QED) is 0.0963. The van der Waals surface area contributed by atoms with Crippen LogP contribution in [-0.4, -0.2) is 112 Å². The number of carbonyl (C=O) groups excluding carboxylic acids is 3. The van der Waals surface area contributed by atoms with Gasteiger partial charge in [0, 0.05) is 43.9 Å². The number of esters is 1. The minimum atomic E-state index is -1.53. The van der Waals surface area contributed by atoms with Gasteiger partial charge >= 0.3 is 5.97 Å². The van der Waals surface area contributed by atoms with Crippen molar-refractivity contribution in [2.24, 2.45) is 0 Å². The number of anilines is 1. The number of rotatable bonds is 11. The van der Waals surface area contributed by atoms with Gasteiger partial charge in [0.15, 0.2) is 6.29 Å². The lowest BCUT2D eigenvalue weighted by Crippen LogP contribution is -2.59. The Morgan fingerprint density at radius 2 is 1.90 bits per heavy atom. The summed E-state index contributed by atoms with van der Waals surface area (Å²) in [5.41, 5.74) is 3.70. The minimum absolute atomic E-state index is 0.0286. The van der Waals surface area contributed by atoms with Gasteiger partial charge in [-0.2, -0.15) is 0 Å². The largest absolute Gasteiger partial charge is 0.427 e. The molecule has 15 heteroatoms. The van der Waals surface area contributed by atoms with Crippen LogP contribution in [0, 0.1) is 5.82 Å². The predicted octanol–water partition coefficient (Wildman–Crippen LogP) is 0.852. The van der Waals surface area contributed by atoms with E-state index in [1.54, 1.807) is 23.1 Å². The number of nitrogens with one attached hydrogen (secondary N) is 2. The number of carbonyl (C=O) groups is 3. The van der Waals surface area contributed by atoms with Crippen molar-refractivity contribution >= 4 is 34.4 Å². The lowest BCUT2D eigenvalue weighted by atomic mass is 9.96. The molecule has 3 aliphatic heterocycles. The van der Waals surface area contributed by atoms with Gasteiger partial charge in [-0.05, 0) is 61.2 Å². The summed E-state index contributed by atoms with van der Waals surface area (Å²) in [4.78, 5) is 45.2. The molecule has 3 aromatic rings. The lowest BCUT2D eigenvalue weighted by molar-refractivity contribution is -0.301. The van der Waals surface area contributed by atoms with Crippen molar-refractivity contribution in [2.45, 2.75) is 69.0 Å². The molecule has 6 rings (SSSR count). The van der Waals surface area contributed by atoms with Crippen LogP contribution < -0.4 is 15.0 Å². The monoisotopic (exact) mass is 670 g/mol. The van der Waals surface area contributed by atoms with Gasteiger partial charge in [-0.25, -0.2) is 4.39 Å². The Morgan fingerprint density at radius 3 is 2.69 bits per heavy atom. The highest BCUT2D eigenvalue weighted by atomic mass is 19.1. The highest BCUT2D eigenvalue weighted by molar-refractivity contribution is 6.02. The van der Waals surface area contributed by atoms with Gasteiger partial charge in [0.2, 0.25) is 5.91 Å². The summed E-state index contributed by atoms with van der Waals surface area (Å²) in [6, 6.07) is 9.54. The van der Waals surface area contributed by atoms with Crippen LogP contribution in [0.5, 0.6) is 5.75 Å². The van der Waals surface area contributed by atoms with Gasteiger partial charge in [-0.1, -0.05) is 0 Å². The van der Waals surface area contributed by atoms with Crippen molar-refractivity contribution in [1.29, 1.82) is 0 Å². The molecule has 258 valence electrons. The number of ether oxygens (including phenoxy) is 3. The SMILES string of the molecule is CN1c2ccc(F)cc2C(=O)N2CCc3c([nH]c4ccc(OC(=O)CCCC(=O)NCCCO[C@@H]5O[C@H](CO)[C@@H](O)[C@H](O)[C@H]5O)cc34)[C@H]21. The number of amides is 2. The van der Waals surface area contributed by atoms with Crippen LogP contribution >= 0.6 is 0 Å². The molecule has 0 aliphatic carbocycles. The third-order valence-corrected chi connectivity index (χ3v) is 9.05. The molecule has 2 amide bonds. The first-order valence-corrected chi connectivity index (χ1v) is 15.9. The molecule has 0 bridgehead atoms. The van der Waals surface area contributed by atoms with Crippen molar-refractivity contribution in [2.75, 3.05) is 38.3 Å². The number of hydrogen-bond acceptors (Lipinski definition) is 11. The molecule has 0 unspecified atom stereocenters. The number of H-pyrrole nitrogens is 1. The second-order valence-electron chi connectivity index (χ2n) is 12.2. The Morgan fingerprint density at radius 1 is 1.08 bits per heavy atom. The van der Waals surface area contributed by atoms with Gasteiger partial charge in [0.25, 0.3) is 5.91 Å². The van der Waals surface area contributed by atoms with E-state index in [-0.39, 0.29) is 44.2 Å². The summed E-state index contributed by atoms with van der Waals surface area (Å²) in [6.07, 6.45) is -5.82. The molecule has 1 aromatic heterocycles. The van der Waals surface area contributed by atoms with E-state index in [9.17, 15) is 39.2 Å². The summed E-state index contributed by atoms with van der Waals surface area (Å²) in [5.74, 6) is -1.05. The summed E-state index contributed by atoms with van der Waals surface area (Å²) in [7, 11) is 1.87. The van der Waals surface area contributed by atoms with Crippen LogP contribution in [0.3, 0.4) is 0 Å². The van der Waals surface area contributed by atoms with E-state index in [0.29, 0.717) is 36.4 Å². The van der Waals surface area contributed by atoms with Crippen LogP contribution in [0.25, 0.3) is 10.9 Å². The fourth-order valence-electron chi connectivity index (χ4n) is 6.57. The summed E-state index contributed by atoms with van der Waals surface area (Å²) >= 11 is 0. The molecule has 4 heterocycles. The van der Waals surface area contributed by atoms with Crippen LogP contribution in [0.1, 0.15) is 53.5 Å². The first kappa shape index (κ1) is 33.8. The van der Waals surface area contributed by atoms with Crippen LogP contribution in [0.15, 0.2) is 36.4 Å². The Kier molecular flexibility index (Phi) is 9.96. The number of fused-ring (bicyclic) bond motifs is 6. The number of aromatic amines is 1. The number of aromatic nitrogens is 1. The number of benzene rings is 2. The topological polar surface area (TPSA) is 194 Å². The molecule has 3 aliphatic rings. The average Bonchev–Trinajstić information content (AvgIpc) is 3.44. The number of aliphatic hydroxyl groups is 4. The van der Waals surface area contributed by atoms with E-state index in [4.69, 9.17) is 14.2 Å². The van der Waals surface area contributed by atoms with Crippen LogP contribution in [0.2, 0.25) is 0 Å². The Labute approximate surface area is 275 Å². The highest BCUT2D eigenvalue weighted by Crippen LogP contribution is 2.43. The van der Waals surface area contributed by atoms with Crippen molar-refractivity contribution < 1.29 is 53.4 Å². The van der Waals surface area contributed by atoms with E-state index in [0.717, 1.165) is 22.2 Å². The lowest BCUT2D eigenvalue weighted by Gasteiger charge is -2.46. The fourth-order valence-corrected chi connectivity index (χ4v) is 6.57. The Balaban J connectivity index is 0.961. The third kappa shape index (κ3) is 6.61. The predicted molar refractivity (Wildman–Crippen MR) is 167 cm³/mol. The number of halogens is 1. The average molecular weight is 671 g/mol. The van der Waals surface area contributed by atoms with Gasteiger partial charge in [0.05, 0.1) is 30.2 Å². The molecular formula is C33H39FN4O10. The van der Waals surface area contributed by atoms with Gasteiger partial charge < -0.3 is 54.7 Å². The maximum Gasteiger partial charge on any atom is 0.311 e. The molecule has 6 N–H and O–H groups in total. The van der Waals surface area contributed by atoms with E-state index >= 15 is 0 Å². The summed E-state index contributed by atoms with van der Waals surface area (Å²) in [5, 5.41) is 42.5. The maximum atomic E-state index is 13.9. The molecular weight excluding hydrogens is 631 g/mol. The minimum Gasteiger partial charge on any atom is -0.427 e. The molecule has 2 aromatic carbocycles. The highest BCUT2D eigenvalue weighted by Gasteiger charge is 2.44. The van der Waals surface area contributed by atoms with Gasteiger partial charge in [-0.15, -0.1) is 0 Å². The normalized spacial score (nSPS) is 25.0. The number of aliphatic hydroxyl groups excluding tert-OH is 4. The summed E-state index contributed by atoms with van der Waals surface area (Å²) in [6.45, 7) is 0.227. The molecule has 48 heavy (non-hydrogen) atoms. The molecule has 0 radical (unpaired) electrons. The zero-order valence-electron chi connectivity index (χ0n) is 26.3. The first-order valence-electron chi connectivity index (χ1n) is 15.9. The van der Waals surface area contributed by atoms with E-state index in [2.05, 4.69) is 10.3 Å². The smallest absolute Gasteiger partial charge is 0.311 e. The standard InChI is InChI=1S/C33H39FN4O10/c1-37-23-9-6-17(34)14-21(23)32(45)38-12-10-19-20-15-18(7-8-22(20)36-27(19)31(37)38)47-26(41)5-2-4-25(40)35-11-3-13-46-33-30(44)29(43)28(42)24(16-39)48-33/h6-9,14-15,24,28-31,33,36,39,42-44H,2-5,10-13,16H2,1H3,(H,35,40)/t24-,28-,29+,30-,31+,33-/m1/s1. The third-order valence-electron chi connectivity index (χ3n) is 9.05. The van der Waals surface area contributed by atoms with Crippen LogP contribution in [-0.2, 0) is 25.5 Å². The zero-order valence-corrected chi connectivity index (χ0v) is 26.3. The molecule has 1 fully saturated rings. The van der Waals surface area contributed by atoms with E-state index < -0.39 is 55.3 Å². The number of hydrogen-bond donors (Lipinski definition) is 6. The Bertz CT molecular complexity index is 1680. The molecule has 0 spiro atoms. The fraction of sp³-hybridized carbons (Fsp3) is 0.485. The van der Waals surface area contributed by atoms with E-state index in [1.165, 1.54) is 12.1 Å². The zero-order chi connectivity index (χ0) is 34.1. The van der Waals surface area contributed by atoms with E-state index in [1.807, 2.05) is 18.0 Å². The molecule has 0 saturated carbocycles. The van der Waals surface area contributed by atoms with Crippen LogP contribution in [0.4, 0.5) is 10.1 Å². The van der Waals surface area contributed by atoms with Gasteiger partial charge in [-0.3, -0.25) is 14.4 Å². The molecule has 6 atom stereocenters. The maximum absolute atomic E-state index is 13.9. The second kappa shape index (κ2) is 14.2. The van der Waals surface area contributed by atoms with Crippen molar-refractivity contribution in [1.82, 2.24) is 15.2 Å². The molecule has 1 saturated heterocycles. The van der Waals surface area contributed by atoms with Crippen molar-refractivity contribution in [3.05, 3.63) is 59.0 Å². The van der Waals surface area contributed by atoms with Crippen molar-refractivity contribution in [3.8, 4) is 5.75 Å². The summed E-state index contributed by atoms with van der Waals surface area (Å²) < 4.78 is 30.2. The molecule has 14 nitrogen and oxygen atoms in total.